The van der Waals surface area contributed by atoms with E-state index in [1.807, 2.05) is 6.92 Å². The van der Waals surface area contributed by atoms with E-state index in [4.69, 9.17) is 4.98 Å². The lowest BCUT2D eigenvalue weighted by atomic mass is 10.00. The van der Waals surface area contributed by atoms with Crippen molar-refractivity contribution in [3.05, 3.63) is 40.1 Å². The number of hydrogen-bond acceptors (Lipinski definition) is 3. The summed E-state index contributed by atoms with van der Waals surface area (Å²) in [6.45, 7) is 13.4. The van der Waals surface area contributed by atoms with Crippen LogP contribution in [0.2, 0.25) is 0 Å². The van der Waals surface area contributed by atoms with E-state index in [1.54, 1.807) is 0 Å². The fourth-order valence-corrected chi connectivity index (χ4v) is 2.29. The molecule has 0 aliphatic heterocycles. The second-order valence-electron chi connectivity index (χ2n) is 5.39. The normalized spacial score (nSPS) is 10.7. The van der Waals surface area contributed by atoms with Gasteiger partial charge in [0.1, 0.15) is 5.82 Å². The lowest BCUT2D eigenvalue weighted by Crippen LogP contribution is -2.06. The van der Waals surface area contributed by atoms with Gasteiger partial charge in [0.05, 0.1) is 0 Å². The molecule has 0 atom stereocenters. The first kappa shape index (κ1) is 14.5. The van der Waals surface area contributed by atoms with Crippen molar-refractivity contribution < 1.29 is 0 Å². The smallest absolute Gasteiger partial charge is 0.162 e. The van der Waals surface area contributed by atoms with Gasteiger partial charge in [-0.2, -0.15) is 0 Å². The topological polar surface area (TPSA) is 37.8 Å². The van der Waals surface area contributed by atoms with Gasteiger partial charge in [-0.1, -0.05) is 6.07 Å². The van der Waals surface area contributed by atoms with Crippen LogP contribution in [0, 0.1) is 34.6 Å². The van der Waals surface area contributed by atoms with Crippen molar-refractivity contribution in [3.8, 4) is 11.4 Å². The standard InChI is InChI=1S/C17H23N3/c1-7-18-16-13(5)14(6)19-17(20-16)15-9-11(3)10(2)8-12(15)4/h8-9H,7H2,1-6H3,(H,18,19,20). The van der Waals surface area contributed by atoms with Crippen LogP contribution in [0.3, 0.4) is 0 Å². The van der Waals surface area contributed by atoms with Crippen LogP contribution in [0.15, 0.2) is 12.1 Å². The molecule has 2 aromatic rings. The highest BCUT2D eigenvalue weighted by Crippen LogP contribution is 2.26. The zero-order chi connectivity index (χ0) is 14.9. The third-order valence-electron chi connectivity index (χ3n) is 3.82. The predicted octanol–water partition coefficient (Wildman–Crippen LogP) is 4.12. The van der Waals surface area contributed by atoms with Crippen molar-refractivity contribution in [3.63, 3.8) is 0 Å². The summed E-state index contributed by atoms with van der Waals surface area (Å²) in [6, 6.07) is 4.39. The van der Waals surface area contributed by atoms with Gasteiger partial charge in [-0.05, 0) is 64.3 Å². The molecule has 0 fully saturated rings. The van der Waals surface area contributed by atoms with Crippen molar-refractivity contribution >= 4 is 5.82 Å². The minimum atomic E-state index is 0.810. The molecule has 0 radical (unpaired) electrons. The summed E-state index contributed by atoms with van der Waals surface area (Å²) in [4.78, 5) is 9.37. The van der Waals surface area contributed by atoms with E-state index >= 15 is 0 Å². The van der Waals surface area contributed by atoms with Crippen LogP contribution >= 0.6 is 0 Å². The third kappa shape index (κ3) is 2.67. The summed E-state index contributed by atoms with van der Waals surface area (Å²) in [6.07, 6.45) is 0. The van der Waals surface area contributed by atoms with Gasteiger partial charge in [-0.25, -0.2) is 9.97 Å². The van der Waals surface area contributed by atoms with Gasteiger partial charge in [0.2, 0.25) is 0 Å². The maximum absolute atomic E-state index is 4.70. The highest BCUT2D eigenvalue weighted by molar-refractivity contribution is 5.65. The molecule has 106 valence electrons. The average molecular weight is 269 g/mol. The summed E-state index contributed by atoms with van der Waals surface area (Å²) in [5, 5.41) is 3.32. The Labute approximate surface area is 121 Å². The molecule has 0 saturated carbocycles. The molecule has 1 N–H and O–H groups in total. The van der Waals surface area contributed by atoms with Crippen LogP contribution in [-0.4, -0.2) is 16.5 Å². The number of benzene rings is 1. The largest absolute Gasteiger partial charge is 0.370 e. The quantitative estimate of drug-likeness (QED) is 0.911. The first-order valence-electron chi connectivity index (χ1n) is 7.11. The molecule has 0 spiro atoms. The zero-order valence-corrected chi connectivity index (χ0v) is 13.3. The number of anilines is 1. The van der Waals surface area contributed by atoms with Crippen molar-refractivity contribution in [2.75, 3.05) is 11.9 Å². The molecule has 0 saturated heterocycles. The number of rotatable bonds is 3. The van der Waals surface area contributed by atoms with Gasteiger partial charge >= 0.3 is 0 Å². The summed E-state index contributed by atoms with van der Waals surface area (Å²) >= 11 is 0. The Morgan fingerprint density at radius 1 is 0.900 bits per heavy atom. The summed E-state index contributed by atoms with van der Waals surface area (Å²) in [5.74, 6) is 1.75. The number of nitrogens with one attached hydrogen (secondary N) is 1. The third-order valence-corrected chi connectivity index (χ3v) is 3.82. The molecule has 0 unspecified atom stereocenters. The first-order chi connectivity index (χ1) is 9.43. The molecular weight excluding hydrogens is 246 g/mol. The minimum Gasteiger partial charge on any atom is -0.370 e. The van der Waals surface area contributed by atoms with Gasteiger partial charge in [-0.15, -0.1) is 0 Å². The maximum Gasteiger partial charge on any atom is 0.162 e. The molecule has 1 aromatic heterocycles. The molecule has 3 nitrogen and oxygen atoms in total. The molecule has 0 amide bonds. The molecule has 0 aliphatic carbocycles. The van der Waals surface area contributed by atoms with Crippen LogP contribution < -0.4 is 5.32 Å². The Morgan fingerprint density at radius 3 is 2.20 bits per heavy atom. The van der Waals surface area contributed by atoms with Crippen LogP contribution in [0.25, 0.3) is 11.4 Å². The molecule has 0 bridgehead atoms. The fourth-order valence-electron chi connectivity index (χ4n) is 2.29. The van der Waals surface area contributed by atoms with Gasteiger partial charge in [0, 0.05) is 23.4 Å². The summed E-state index contributed by atoms with van der Waals surface area (Å²) in [7, 11) is 0. The van der Waals surface area contributed by atoms with Gasteiger partial charge in [0.15, 0.2) is 5.82 Å². The highest BCUT2D eigenvalue weighted by Gasteiger charge is 2.12. The Hall–Kier alpha value is -1.90. The lowest BCUT2D eigenvalue weighted by molar-refractivity contribution is 1.04. The van der Waals surface area contributed by atoms with Crippen LogP contribution in [-0.2, 0) is 0 Å². The lowest BCUT2D eigenvalue weighted by Gasteiger charge is -2.13. The predicted molar refractivity (Wildman–Crippen MR) is 85.3 cm³/mol. The molecule has 20 heavy (non-hydrogen) atoms. The molecule has 0 aliphatic rings. The van der Waals surface area contributed by atoms with E-state index in [2.05, 4.69) is 57.1 Å². The zero-order valence-electron chi connectivity index (χ0n) is 13.3. The molecule has 2 rings (SSSR count). The van der Waals surface area contributed by atoms with Gasteiger partial charge in [-0.3, -0.25) is 0 Å². The molecule has 3 heteroatoms. The first-order valence-corrected chi connectivity index (χ1v) is 7.11. The van der Waals surface area contributed by atoms with Gasteiger partial charge in [0.25, 0.3) is 0 Å². The Balaban J connectivity index is 2.61. The van der Waals surface area contributed by atoms with Crippen molar-refractivity contribution in [2.24, 2.45) is 0 Å². The highest BCUT2D eigenvalue weighted by atomic mass is 15.0. The Kier molecular flexibility index (Phi) is 4.07. The molecule has 1 aromatic carbocycles. The van der Waals surface area contributed by atoms with Crippen molar-refractivity contribution in [1.29, 1.82) is 0 Å². The summed E-state index contributed by atoms with van der Waals surface area (Å²) in [5.41, 5.74) is 7.08. The Morgan fingerprint density at radius 2 is 1.55 bits per heavy atom. The number of aryl methyl sites for hydroxylation is 4. The SMILES string of the molecule is CCNc1nc(-c2cc(C)c(C)cc2C)nc(C)c1C. The molecule has 1 heterocycles. The van der Waals surface area contributed by atoms with Crippen molar-refractivity contribution in [1.82, 2.24) is 9.97 Å². The van der Waals surface area contributed by atoms with Crippen molar-refractivity contribution in [2.45, 2.75) is 41.5 Å². The summed E-state index contributed by atoms with van der Waals surface area (Å²) < 4.78 is 0. The number of aromatic nitrogens is 2. The number of nitrogens with zero attached hydrogens (tertiary/aromatic N) is 2. The monoisotopic (exact) mass is 269 g/mol. The average Bonchev–Trinajstić information content (AvgIpc) is 2.39. The van der Waals surface area contributed by atoms with Crippen LogP contribution in [0.1, 0.15) is 34.9 Å². The second kappa shape index (κ2) is 5.61. The minimum absolute atomic E-state index is 0.810. The number of hydrogen-bond donors (Lipinski definition) is 1. The van der Waals surface area contributed by atoms with E-state index in [9.17, 15) is 0 Å². The van der Waals surface area contributed by atoms with E-state index in [1.165, 1.54) is 16.7 Å². The van der Waals surface area contributed by atoms with Gasteiger partial charge < -0.3 is 5.32 Å². The fraction of sp³-hybridized carbons (Fsp3) is 0.412. The van der Waals surface area contributed by atoms with Crippen LogP contribution in [0.4, 0.5) is 5.82 Å². The molecular formula is C17H23N3. The van der Waals surface area contributed by atoms with Crippen LogP contribution in [0.5, 0.6) is 0 Å². The second-order valence-corrected chi connectivity index (χ2v) is 5.39. The Bertz CT molecular complexity index is 645. The maximum atomic E-state index is 4.70. The van der Waals surface area contributed by atoms with E-state index in [0.717, 1.165) is 35.0 Å². The van der Waals surface area contributed by atoms with E-state index < -0.39 is 0 Å². The van der Waals surface area contributed by atoms with E-state index in [-0.39, 0.29) is 0 Å². The van der Waals surface area contributed by atoms with E-state index in [0.29, 0.717) is 0 Å².